The van der Waals surface area contributed by atoms with Gasteiger partial charge in [0.25, 0.3) is 0 Å². The number of hydrogen-bond donors (Lipinski definition) is 2. The molecule has 7 heteroatoms. The highest BCUT2D eigenvalue weighted by molar-refractivity contribution is 5.95. The van der Waals surface area contributed by atoms with Gasteiger partial charge in [-0.05, 0) is 52.9 Å². The summed E-state index contributed by atoms with van der Waals surface area (Å²) in [5.41, 5.74) is 3.72. The van der Waals surface area contributed by atoms with Crippen molar-refractivity contribution in [2.24, 2.45) is 0 Å². The SMILES string of the molecule is O=C(O)c1ccc2c(c1)c(CCc1ccc3ccccc3c1)cn2CCc1nn[nH]n1. The highest BCUT2D eigenvalue weighted by Gasteiger charge is 2.13. The van der Waals surface area contributed by atoms with Gasteiger partial charge in [-0.3, -0.25) is 0 Å². The summed E-state index contributed by atoms with van der Waals surface area (Å²) >= 11 is 0. The molecule has 0 saturated carbocycles. The van der Waals surface area contributed by atoms with E-state index in [1.165, 1.54) is 16.3 Å². The van der Waals surface area contributed by atoms with Crippen LogP contribution in [0.5, 0.6) is 0 Å². The normalized spacial score (nSPS) is 11.4. The smallest absolute Gasteiger partial charge is 0.335 e. The van der Waals surface area contributed by atoms with E-state index in [9.17, 15) is 9.90 Å². The van der Waals surface area contributed by atoms with Crippen molar-refractivity contribution < 1.29 is 9.90 Å². The second-order valence-corrected chi connectivity index (χ2v) is 7.64. The fourth-order valence-electron chi connectivity index (χ4n) is 4.07. The van der Waals surface area contributed by atoms with Gasteiger partial charge in [0.15, 0.2) is 5.82 Å². The van der Waals surface area contributed by atoms with Crippen LogP contribution in [0, 0.1) is 0 Å². The average Bonchev–Trinajstić information content (AvgIpc) is 3.43. The van der Waals surface area contributed by atoms with Crippen LogP contribution in [0.4, 0.5) is 0 Å². The standard InChI is InChI=1S/C24H21N5O2/c30-24(31)19-9-10-22-21(14-19)20(15-29(22)12-11-23-25-27-28-26-23)8-6-16-5-7-17-3-1-2-4-18(17)13-16/h1-5,7,9-10,13-15H,6,8,11-12H2,(H,30,31)(H,25,26,27,28). The number of aromatic nitrogens is 5. The zero-order valence-electron chi connectivity index (χ0n) is 16.8. The molecule has 2 aromatic heterocycles. The predicted molar refractivity (Wildman–Crippen MR) is 118 cm³/mol. The van der Waals surface area contributed by atoms with Crippen molar-refractivity contribution in [3.8, 4) is 0 Å². The molecule has 0 amide bonds. The molecule has 0 fully saturated rings. The third kappa shape index (κ3) is 3.90. The van der Waals surface area contributed by atoms with Crippen molar-refractivity contribution in [1.82, 2.24) is 25.2 Å². The lowest BCUT2D eigenvalue weighted by Gasteiger charge is -2.04. The molecule has 0 aliphatic carbocycles. The monoisotopic (exact) mass is 411 g/mol. The Bertz CT molecular complexity index is 1370. The van der Waals surface area contributed by atoms with Crippen LogP contribution in [-0.2, 0) is 25.8 Å². The summed E-state index contributed by atoms with van der Waals surface area (Å²) in [4.78, 5) is 11.5. The summed E-state index contributed by atoms with van der Waals surface area (Å²) in [7, 11) is 0. The molecule has 2 heterocycles. The highest BCUT2D eigenvalue weighted by atomic mass is 16.4. The second kappa shape index (κ2) is 8.02. The molecule has 7 nitrogen and oxygen atoms in total. The van der Waals surface area contributed by atoms with Gasteiger partial charge in [-0.2, -0.15) is 5.21 Å². The first kappa shape index (κ1) is 19.0. The summed E-state index contributed by atoms with van der Waals surface area (Å²) in [5, 5.41) is 27.0. The fourth-order valence-corrected chi connectivity index (χ4v) is 4.07. The number of carboxylic acid groups (broad SMARTS) is 1. The van der Waals surface area contributed by atoms with E-state index in [4.69, 9.17) is 0 Å². The number of nitrogens with one attached hydrogen (secondary N) is 1. The zero-order chi connectivity index (χ0) is 21.2. The van der Waals surface area contributed by atoms with Crippen LogP contribution in [0.3, 0.4) is 0 Å². The predicted octanol–water partition coefficient (Wildman–Crippen LogP) is 4.03. The molecular weight excluding hydrogens is 390 g/mol. The number of carboxylic acids is 1. The molecule has 0 aliphatic rings. The molecule has 0 spiro atoms. The van der Waals surface area contributed by atoms with E-state index >= 15 is 0 Å². The maximum Gasteiger partial charge on any atom is 0.335 e. The van der Waals surface area contributed by atoms with Crippen LogP contribution in [0.25, 0.3) is 21.7 Å². The summed E-state index contributed by atoms with van der Waals surface area (Å²) in [6.07, 6.45) is 4.47. The third-order valence-corrected chi connectivity index (χ3v) is 5.67. The van der Waals surface area contributed by atoms with Crippen LogP contribution >= 0.6 is 0 Å². The summed E-state index contributed by atoms with van der Waals surface area (Å²) in [6, 6.07) is 20.2. The van der Waals surface area contributed by atoms with E-state index in [0.717, 1.165) is 29.3 Å². The van der Waals surface area contributed by atoms with Crippen molar-refractivity contribution in [3.05, 3.63) is 89.4 Å². The molecule has 0 radical (unpaired) electrons. The van der Waals surface area contributed by atoms with Gasteiger partial charge >= 0.3 is 5.97 Å². The summed E-state index contributed by atoms with van der Waals surface area (Å²) in [5.74, 6) is -0.261. The Hall–Kier alpha value is -4.00. The Morgan fingerprint density at radius 2 is 1.84 bits per heavy atom. The third-order valence-electron chi connectivity index (χ3n) is 5.67. The van der Waals surface area contributed by atoms with E-state index in [2.05, 4.69) is 67.8 Å². The first-order valence-corrected chi connectivity index (χ1v) is 10.2. The highest BCUT2D eigenvalue weighted by Crippen LogP contribution is 2.25. The number of aryl methyl sites for hydroxylation is 4. The van der Waals surface area contributed by atoms with Gasteiger partial charge in [-0.15, -0.1) is 10.2 Å². The van der Waals surface area contributed by atoms with Crippen molar-refractivity contribution in [3.63, 3.8) is 0 Å². The fraction of sp³-hybridized carbons (Fsp3) is 0.167. The molecule has 3 aromatic carbocycles. The quantitative estimate of drug-likeness (QED) is 0.421. The molecule has 0 atom stereocenters. The minimum absolute atomic E-state index is 0.301. The van der Waals surface area contributed by atoms with Crippen molar-refractivity contribution in [2.75, 3.05) is 0 Å². The van der Waals surface area contributed by atoms with Crippen LogP contribution in [0.1, 0.15) is 27.3 Å². The van der Waals surface area contributed by atoms with Gasteiger partial charge in [0.2, 0.25) is 0 Å². The minimum atomic E-state index is -0.915. The van der Waals surface area contributed by atoms with Crippen LogP contribution in [0.15, 0.2) is 66.9 Å². The lowest BCUT2D eigenvalue weighted by Crippen LogP contribution is -2.02. The Labute approximate surface area is 178 Å². The number of nitrogens with zero attached hydrogens (tertiary/aromatic N) is 4. The van der Waals surface area contributed by atoms with Gasteiger partial charge in [-0.25, -0.2) is 4.79 Å². The molecule has 5 aromatic rings. The number of benzene rings is 3. The number of aromatic amines is 1. The number of tetrazole rings is 1. The number of fused-ring (bicyclic) bond motifs is 2. The topological polar surface area (TPSA) is 96.7 Å². The van der Waals surface area contributed by atoms with Crippen molar-refractivity contribution >= 4 is 27.6 Å². The van der Waals surface area contributed by atoms with Gasteiger partial charge in [0.1, 0.15) is 0 Å². The van der Waals surface area contributed by atoms with Crippen molar-refractivity contribution in [2.45, 2.75) is 25.8 Å². The molecule has 5 rings (SSSR count). The van der Waals surface area contributed by atoms with Gasteiger partial charge in [0, 0.05) is 30.1 Å². The first-order chi connectivity index (χ1) is 15.2. The molecule has 0 saturated heterocycles. The first-order valence-electron chi connectivity index (χ1n) is 10.2. The molecule has 0 unspecified atom stereocenters. The Kier molecular flexibility index (Phi) is 4.92. The lowest BCUT2D eigenvalue weighted by atomic mass is 10.0. The number of rotatable bonds is 7. The van der Waals surface area contributed by atoms with E-state index in [1.807, 2.05) is 12.1 Å². The van der Waals surface area contributed by atoms with Crippen LogP contribution in [-0.4, -0.2) is 36.3 Å². The lowest BCUT2D eigenvalue weighted by molar-refractivity contribution is 0.0697. The van der Waals surface area contributed by atoms with Crippen LogP contribution < -0.4 is 0 Å². The van der Waals surface area contributed by atoms with E-state index in [0.29, 0.717) is 24.4 Å². The number of H-pyrrole nitrogens is 1. The molecule has 31 heavy (non-hydrogen) atoms. The number of hydrogen-bond acceptors (Lipinski definition) is 4. The molecule has 0 aliphatic heterocycles. The molecule has 2 N–H and O–H groups in total. The Morgan fingerprint density at radius 1 is 0.968 bits per heavy atom. The zero-order valence-corrected chi connectivity index (χ0v) is 16.8. The second-order valence-electron chi connectivity index (χ2n) is 7.64. The number of aromatic carboxylic acids is 1. The summed E-state index contributed by atoms with van der Waals surface area (Å²) in [6.45, 7) is 0.693. The number of carbonyl (C=O) groups is 1. The molecule has 0 bridgehead atoms. The largest absolute Gasteiger partial charge is 0.478 e. The molecule has 154 valence electrons. The minimum Gasteiger partial charge on any atom is -0.478 e. The molecular formula is C24H21N5O2. The summed E-state index contributed by atoms with van der Waals surface area (Å²) < 4.78 is 2.15. The van der Waals surface area contributed by atoms with E-state index in [1.54, 1.807) is 12.1 Å². The Balaban J connectivity index is 1.45. The van der Waals surface area contributed by atoms with Gasteiger partial charge in [0.05, 0.1) is 5.56 Å². The van der Waals surface area contributed by atoms with Crippen LogP contribution in [0.2, 0.25) is 0 Å². The maximum absolute atomic E-state index is 11.5. The van der Waals surface area contributed by atoms with Gasteiger partial charge < -0.3 is 9.67 Å². The average molecular weight is 411 g/mol. The maximum atomic E-state index is 11.5. The van der Waals surface area contributed by atoms with E-state index < -0.39 is 5.97 Å². The van der Waals surface area contributed by atoms with Gasteiger partial charge in [-0.1, -0.05) is 47.7 Å². The van der Waals surface area contributed by atoms with E-state index in [-0.39, 0.29) is 0 Å². The van der Waals surface area contributed by atoms with Crippen molar-refractivity contribution in [1.29, 1.82) is 0 Å². The Morgan fingerprint density at radius 3 is 2.65 bits per heavy atom.